The summed E-state index contributed by atoms with van der Waals surface area (Å²) in [5.74, 6) is -0.798. The van der Waals surface area contributed by atoms with Crippen molar-refractivity contribution in [3.8, 4) is 11.4 Å². The number of aromatic nitrogens is 2. The molecule has 1 saturated heterocycles. The van der Waals surface area contributed by atoms with Gasteiger partial charge in [-0.2, -0.15) is 13.9 Å². The first-order chi connectivity index (χ1) is 15.0. The summed E-state index contributed by atoms with van der Waals surface area (Å²) < 4.78 is 50.8. The molecule has 2 heterocycles. The molecule has 9 heteroatoms. The minimum absolute atomic E-state index is 0.0183. The van der Waals surface area contributed by atoms with Gasteiger partial charge in [-0.15, -0.1) is 0 Å². The van der Waals surface area contributed by atoms with Crippen LogP contribution >= 0.6 is 0 Å². The minimum atomic E-state index is -2.94. The molecule has 1 aliphatic heterocycles. The highest BCUT2D eigenvalue weighted by Crippen LogP contribution is 2.23. The highest BCUT2D eigenvalue weighted by Gasteiger charge is 2.19. The van der Waals surface area contributed by atoms with Gasteiger partial charge in [0.15, 0.2) is 5.78 Å². The van der Waals surface area contributed by atoms with Crippen molar-refractivity contribution in [3.63, 3.8) is 0 Å². The van der Waals surface area contributed by atoms with Crippen LogP contribution in [0.5, 0.6) is 5.75 Å². The molecule has 0 unspecified atom stereocenters. The van der Waals surface area contributed by atoms with Gasteiger partial charge in [0, 0.05) is 31.8 Å². The number of nitrogens with zero attached hydrogens (tertiary/aromatic N) is 2. The lowest BCUT2D eigenvalue weighted by Crippen LogP contribution is -2.33. The normalized spacial score (nSPS) is 16.5. The maximum atomic E-state index is 14.6. The first-order valence-electron chi connectivity index (χ1n) is 9.73. The number of hydrogen-bond donors (Lipinski definition) is 1. The number of halogens is 3. The lowest BCUT2D eigenvalue weighted by molar-refractivity contribution is -0.0498. The number of ketones is 1. The number of ether oxygens (including phenoxy) is 2. The van der Waals surface area contributed by atoms with E-state index in [1.54, 1.807) is 24.3 Å². The van der Waals surface area contributed by atoms with Crippen LogP contribution in [0.15, 0.2) is 54.9 Å². The Morgan fingerprint density at radius 3 is 2.90 bits per heavy atom. The van der Waals surface area contributed by atoms with E-state index in [9.17, 15) is 18.0 Å². The Hall–Kier alpha value is -3.17. The lowest BCUT2D eigenvalue weighted by Gasteiger charge is -2.24. The van der Waals surface area contributed by atoms with Crippen molar-refractivity contribution in [2.45, 2.75) is 19.1 Å². The molecule has 162 valence electrons. The Kier molecular flexibility index (Phi) is 6.34. The molecule has 1 aliphatic rings. The standard InChI is InChI=1S/C22H20F3N3O3/c23-19-8-15(21-12-26-6-7-30-21)5-4-14(19)9-20(29)16-11-27-28(13-16)17-2-1-3-18(10-17)31-22(24)25/h1-5,8,10-11,13,21-22,26H,6-7,9,12H2/t21-/m1/s1. The zero-order valence-corrected chi connectivity index (χ0v) is 16.4. The van der Waals surface area contributed by atoms with Crippen molar-refractivity contribution >= 4 is 5.78 Å². The van der Waals surface area contributed by atoms with Crippen LogP contribution in [0.25, 0.3) is 5.69 Å². The van der Waals surface area contributed by atoms with E-state index in [1.807, 2.05) is 0 Å². The van der Waals surface area contributed by atoms with E-state index in [0.717, 1.165) is 12.1 Å². The molecule has 0 spiro atoms. The SMILES string of the molecule is O=C(Cc1ccc([C@H]2CNCCO2)cc1F)c1cnn(-c2cccc(OC(F)F)c2)c1. The number of carbonyl (C=O) groups is 1. The third kappa shape index (κ3) is 5.12. The van der Waals surface area contributed by atoms with E-state index < -0.39 is 12.4 Å². The molecular weight excluding hydrogens is 411 g/mol. The topological polar surface area (TPSA) is 65.4 Å². The second-order valence-corrected chi connectivity index (χ2v) is 7.06. The molecule has 0 amide bonds. The summed E-state index contributed by atoms with van der Waals surface area (Å²) >= 11 is 0. The number of Topliss-reactive ketones (excluding diaryl/α,β-unsaturated/α-hetero) is 1. The third-order valence-electron chi connectivity index (χ3n) is 4.94. The molecule has 3 aromatic rings. The van der Waals surface area contributed by atoms with Crippen molar-refractivity contribution in [3.05, 3.63) is 77.4 Å². The van der Waals surface area contributed by atoms with Crippen molar-refractivity contribution in [1.82, 2.24) is 15.1 Å². The van der Waals surface area contributed by atoms with E-state index >= 15 is 0 Å². The number of rotatable bonds is 7. The van der Waals surface area contributed by atoms with E-state index in [-0.39, 0.29) is 35.2 Å². The third-order valence-corrected chi connectivity index (χ3v) is 4.94. The average Bonchev–Trinajstić information content (AvgIpc) is 3.26. The summed E-state index contributed by atoms with van der Waals surface area (Å²) in [6, 6.07) is 10.7. The zero-order chi connectivity index (χ0) is 21.8. The van der Waals surface area contributed by atoms with Gasteiger partial charge >= 0.3 is 6.61 Å². The van der Waals surface area contributed by atoms with Gasteiger partial charge in [0.2, 0.25) is 0 Å². The predicted octanol–water partition coefficient (Wildman–Crippen LogP) is 3.70. The Morgan fingerprint density at radius 2 is 2.16 bits per heavy atom. The Labute approximate surface area is 176 Å². The van der Waals surface area contributed by atoms with Gasteiger partial charge in [-0.3, -0.25) is 4.79 Å². The lowest BCUT2D eigenvalue weighted by atomic mass is 10.0. The fraction of sp³-hybridized carbons (Fsp3) is 0.273. The molecule has 1 fully saturated rings. The largest absolute Gasteiger partial charge is 0.435 e. The molecule has 0 bridgehead atoms. The molecule has 0 saturated carbocycles. The van der Waals surface area contributed by atoms with Crippen molar-refractivity contribution < 1.29 is 27.4 Å². The van der Waals surface area contributed by atoms with Gasteiger partial charge in [0.05, 0.1) is 30.2 Å². The van der Waals surface area contributed by atoms with Crippen LogP contribution < -0.4 is 10.1 Å². The Bertz CT molecular complexity index is 1060. The molecule has 4 rings (SSSR count). The van der Waals surface area contributed by atoms with E-state index in [1.165, 1.54) is 35.3 Å². The highest BCUT2D eigenvalue weighted by molar-refractivity contribution is 5.97. The number of alkyl halides is 2. The number of morpholine rings is 1. The van der Waals surface area contributed by atoms with Gasteiger partial charge < -0.3 is 14.8 Å². The van der Waals surface area contributed by atoms with Gasteiger partial charge in [-0.1, -0.05) is 18.2 Å². The summed E-state index contributed by atoms with van der Waals surface area (Å²) in [4.78, 5) is 12.6. The van der Waals surface area contributed by atoms with Gasteiger partial charge in [-0.25, -0.2) is 9.07 Å². The molecule has 1 aromatic heterocycles. The molecule has 2 aromatic carbocycles. The second-order valence-electron chi connectivity index (χ2n) is 7.06. The molecular formula is C22H20F3N3O3. The van der Waals surface area contributed by atoms with Crippen LogP contribution in [-0.4, -0.2) is 41.9 Å². The van der Waals surface area contributed by atoms with Crippen LogP contribution in [-0.2, 0) is 11.2 Å². The maximum absolute atomic E-state index is 14.6. The Morgan fingerprint density at radius 1 is 1.29 bits per heavy atom. The predicted molar refractivity (Wildman–Crippen MR) is 106 cm³/mol. The molecule has 6 nitrogen and oxygen atoms in total. The van der Waals surface area contributed by atoms with Gasteiger partial charge in [0.1, 0.15) is 11.6 Å². The number of nitrogens with one attached hydrogen (secondary N) is 1. The molecule has 0 radical (unpaired) electrons. The number of benzene rings is 2. The summed E-state index contributed by atoms with van der Waals surface area (Å²) in [7, 11) is 0. The quantitative estimate of drug-likeness (QED) is 0.578. The van der Waals surface area contributed by atoms with Crippen molar-refractivity contribution in [1.29, 1.82) is 0 Å². The molecule has 1 N–H and O–H groups in total. The van der Waals surface area contributed by atoms with Crippen molar-refractivity contribution in [2.24, 2.45) is 0 Å². The molecule has 31 heavy (non-hydrogen) atoms. The first-order valence-corrected chi connectivity index (χ1v) is 9.73. The van der Waals surface area contributed by atoms with E-state index in [4.69, 9.17) is 4.74 Å². The van der Waals surface area contributed by atoms with E-state index in [2.05, 4.69) is 15.2 Å². The maximum Gasteiger partial charge on any atom is 0.387 e. The van der Waals surface area contributed by atoms with Crippen LogP contribution in [0.1, 0.15) is 27.6 Å². The summed E-state index contributed by atoms with van der Waals surface area (Å²) in [5, 5.41) is 7.30. The first kappa shape index (κ1) is 21.1. The highest BCUT2D eigenvalue weighted by atomic mass is 19.3. The van der Waals surface area contributed by atoms with E-state index in [0.29, 0.717) is 18.8 Å². The zero-order valence-electron chi connectivity index (χ0n) is 16.4. The Balaban J connectivity index is 1.46. The fourth-order valence-corrected chi connectivity index (χ4v) is 3.37. The van der Waals surface area contributed by atoms with Gasteiger partial charge in [0.25, 0.3) is 0 Å². The number of carbonyl (C=O) groups excluding carboxylic acids is 1. The molecule has 1 atom stereocenters. The molecule has 0 aliphatic carbocycles. The van der Waals surface area contributed by atoms with Crippen LogP contribution in [0, 0.1) is 5.82 Å². The summed E-state index contributed by atoms with van der Waals surface area (Å²) in [5.41, 5.74) is 1.73. The van der Waals surface area contributed by atoms with Crippen LogP contribution in [0.4, 0.5) is 13.2 Å². The monoisotopic (exact) mass is 431 g/mol. The van der Waals surface area contributed by atoms with Crippen molar-refractivity contribution in [2.75, 3.05) is 19.7 Å². The second kappa shape index (κ2) is 9.32. The average molecular weight is 431 g/mol. The number of hydrogen-bond acceptors (Lipinski definition) is 5. The summed E-state index contributed by atoms with van der Waals surface area (Å²) in [6.45, 7) is -0.996. The van der Waals surface area contributed by atoms with Crippen LogP contribution in [0.2, 0.25) is 0 Å². The fourth-order valence-electron chi connectivity index (χ4n) is 3.37. The smallest absolute Gasteiger partial charge is 0.387 e. The van der Waals surface area contributed by atoms with Crippen LogP contribution in [0.3, 0.4) is 0 Å². The summed E-state index contributed by atoms with van der Waals surface area (Å²) in [6.07, 6.45) is 2.49. The van der Waals surface area contributed by atoms with Gasteiger partial charge in [-0.05, 0) is 29.3 Å². The minimum Gasteiger partial charge on any atom is -0.435 e.